The number of hydrogen-bond donors (Lipinski definition) is 1. The predicted octanol–water partition coefficient (Wildman–Crippen LogP) is 3.28. The van der Waals surface area contributed by atoms with E-state index in [0.717, 1.165) is 12.4 Å². The van der Waals surface area contributed by atoms with Crippen LogP contribution in [0.25, 0.3) is 0 Å². The zero-order valence-corrected chi connectivity index (χ0v) is 12.7. The molecule has 0 fully saturated rings. The molecular formula is C13H22ClN5. The third kappa shape index (κ3) is 3.50. The molecule has 2 rings (SSSR count). The van der Waals surface area contributed by atoms with Crippen molar-refractivity contribution in [3.8, 4) is 0 Å². The molecule has 0 bridgehead atoms. The molecule has 106 valence electrons. The number of rotatable bonds is 5. The molecule has 2 aromatic heterocycles. The Kier molecular flexibility index (Phi) is 5.42. The average Bonchev–Trinajstić information content (AvgIpc) is 2.94. The quantitative estimate of drug-likeness (QED) is 0.916. The van der Waals surface area contributed by atoms with Gasteiger partial charge in [0.25, 0.3) is 0 Å². The van der Waals surface area contributed by atoms with Gasteiger partial charge >= 0.3 is 0 Å². The molecule has 0 saturated carbocycles. The minimum absolute atomic E-state index is 0. The summed E-state index contributed by atoms with van der Waals surface area (Å²) in [6.45, 7) is 9.27. The molecule has 0 amide bonds. The zero-order chi connectivity index (χ0) is 13.1. The molecule has 6 heteroatoms. The van der Waals surface area contributed by atoms with Crippen molar-refractivity contribution in [2.24, 2.45) is 0 Å². The maximum Gasteiger partial charge on any atom is 0.124 e. The maximum absolute atomic E-state index is 4.33. The molecule has 0 aromatic carbocycles. The van der Waals surface area contributed by atoms with Gasteiger partial charge in [0, 0.05) is 24.3 Å². The average molecular weight is 284 g/mol. The van der Waals surface area contributed by atoms with E-state index >= 15 is 0 Å². The summed E-state index contributed by atoms with van der Waals surface area (Å²) in [5.74, 6) is 1.04. The van der Waals surface area contributed by atoms with Gasteiger partial charge < -0.3 is 5.32 Å². The van der Waals surface area contributed by atoms with E-state index in [1.165, 1.54) is 5.69 Å². The van der Waals surface area contributed by atoms with Gasteiger partial charge in [-0.05, 0) is 33.8 Å². The molecule has 2 aromatic rings. The van der Waals surface area contributed by atoms with Gasteiger partial charge in [0.2, 0.25) is 0 Å². The Morgan fingerprint density at radius 3 is 2.21 bits per heavy atom. The van der Waals surface area contributed by atoms with Crippen LogP contribution in [0, 0.1) is 0 Å². The third-order valence-electron chi connectivity index (χ3n) is 2.85. The number of hydrogen-bond acceptors (Lipinski definition) is 3. The molecule has 0 radical (unpaired) electrons. The lowest BCUT2D eigenvalue weighted by atomic mass is 10.3. The summed E-state index contributed by atoms with van der Waals surface area (Å²) in [7, 11) is 0. The smallest absolute Gasteiger partial charge is 0.124 e. The van der Waals surface area contributed by atoms with E-state index < -0.39 is 0 Å². The molecular weight excluding hydrogens is 262 g/mol. The first-order valence-electron chi connectivity index (χ1n) is 6.39. The Morgan fingerprint density at radius 1 is 1.00 bits per heavy atom. The highest BCUT2D eigenvalue weighted by Gasteiger charge is 2.08. The standard InChI is InChI=1S/C13H21N5.ClH/c1-10(2)17-12(5-7-15-17)9-14-13-6-8-16-18(13)11(3)4;/h5-8,10-11,14H,9H2,1-4H3;1H. The van der Waals surface area contributed by atoms with Crippen molar-refractivity contribution in [2.45, 2.75) is 46.3 Å². The molecule has 2 heterocycles. The molecule has 0 aliphatic rings. The Labute approximate surface area is 120 Å². The largest absolute Gasteiger partial charge is 0.365 e. The van der Waals surface area contributed by atoms with Gasteiger partial charge in [-0.15, -0.1) is 12.4 Å². The summed E-state index contributed by atoms with van der Waals surface area (Å²) in [4.78, 5) is 0. The van der Waals surface area contributed by atoms with Gasteiger partial charge in [-0.2, -0.15) is 10.2 Å². The number of nitrogens with zero attached hydrogens (tertiary/aromatic N) is 4. The van der Waals surface area contributed by atoms with Crippen molar-refractivity contribution < 1.29 is 0 Å². The van der Waals surface area contributed by atoms with Crippen LogP contribution < -0.4 is 5.32 Å². The summed E-state index contributed by atoms with van der Waals surface area (Å²) in [5, 5.41) is 12.0. The highest BCUT2D eigenvalue weighted by molar-refractivity contribution is 5.85. The summed E-state index contributed by atoms with van der Waals surface area (Å²) >= 11 is 0. The van der Waals surface area contributed by atoms with Gasteiger partial charge in [-0.25, -0.2) is 4.68 Å². The number of aromatic nitrogens is 4. The summed E-state index contributed by atoms with van der Waals surface area (Å²) < 4.78 is 4.01. The van der Waals surface area contributed by atoms with Crippen molar-refractivity contribution in [3.05, 3.63) is 30.2 Å². The van der Waals surface area contributed by atoms with E-state index in [1.807, 2.05) is 33.9 Å². The second-order valence-corrected chi connectivity index (χ2v) is 4.97. The summed E-state index contributed by atoms with van der Waals surface area (Å²) in [5.41, 5.74) is 1.18. The molecule has 0 aliphatic heterocycles. The van der Waals surface area contributed by atoms with Crippen molar-refractivity contribution >= 4 is 18.2 Å². The normalized spacial score (nSPS) is 10.8. The first-order valence-corrected chi connectivity index (χ1v) is 6.39. The van der Waals surface area contributed by atoms with Crippen molar-refractivity contribution in [1.82, 2.24) is 19.6 Å². The molecule has 19 heavy (non-hydrogen) atoms. The lowest BCUT2D eigenvalue weighted by Gasteiger charge is -2.14. The van der Waals surface area contributed by atoms with Crippen LogP contribution in [0.3, 0.4) is 0 Å². The third-order valence-corrected chi connectivity index (χ3v) is 2.85. The van der Waals surface area contributed by atoms with E-state index in [4.69, 9.17) is 0 Å². The SMILES string of the molecule is CC(C)n1nccc1CNc1ccnn1C(C)C.Cl. The zero-order valence-electron chi connectivity index (χ0n) is 11.9. The fourth-order valence-electron chi connectivity index (χ4n) is 1.99. The lowest BCUT2D eigenvalue weighted by Crippen LogP contribution is -2.14. The highest BCUT2D eigenvalue weighted by Crippen LogP contribution is 2.15. The van der Waals surface area contributed by atoms with Crippen molar-refractivity contribution in [3.63, 3.8) is 0 Å². The van der Waals surface area contributed by atoms with Gasteiger partial charge in [0.15, 0.2) is 0 Å². The van der Waals surface area contributed by atoms with Gasteiger partial charge in [0.05, 0.1) is 18.4 Å². The molecule has 5 nitrogen and oxygen atoms in total. The van der Waals surface area contributed by atoms with Gasteiger partial charge in [-0.3, -0.25) is 4.68 Å². The maximum atomic E-state index is 4.33. The fourth-order valence-corrected chi connectivity index (χ4v) is 1.99. The van der Waals surface area contributed by atoms with Crippen LogP contribution in [-0.2, 0) is 6.54 Å². The Balaban J connectivity index is 0.00000180. The Hall–Kier alpha value is -1.49. The van der Waals surface area contributed by atoms with Gasteiger partial charge in [-0.1, -0.05) is 0 Å². The Morgan fingerprint density at radius 2 is 1.58 bits per heavy atom. The lowest BCUT2D eigenvalue weighted by molar-refractivity contribution is 0.509. The fraction of sp³-hybridized carbons (Fsp3) is 0.538. The first kappa shape index (κ1) is 15.6. The van der Waals surface area contributed by atoms with Crippen LogP contribution in [0.1, 0.15) is 45.5 Å². The van der Waals surface area contributed by atoms with Crippen LogP contribution in [0.2, 0.25) is 0 Å². The molecule has 0 spiro atoms. The number of halogens is 1. The van der Waals surface area contributed by atoms with Crippen LogP contribution in [0.5, 0.6) is 0 Å². The minimum Gasteiger partial charge on any atom is -0.365 e. The van der Waals surface area contributed by atoms with E-state index in [1.54, 1.807) is 0 Å². The molecule has 0 unspecified atom stereocenters. The van der Waals surface area contributed by atoms with Gasteiger partial charge in [0.1, 0.15) is 5.82 Å². The number of anilines is 1. The van der Waals surface area contributed by atoms with Crippen LogP contribution in [0.4, 0.5) is 5.82 Å². The molecule has 0 aliphatic carbocycles. The minimum atomic E-state index is 0. The monoisotopic (exact) mass is 283 g/mol. The second-order valence-electron chi connectivity index (χ2n) is 4.97. The first-order chi connectivity index (χ1) is 8.59. The van der Waals surface area contributed by atoms with E-state index in [2.05, 4.69) is 43.2 Å². The summed E-state index contributed by atoms with van der Waals surface area (Å²) in [6.07, 6.45) is 3.67. The van der Waals surface area contributed by atoms with Crippen LogP contribution in [-0.4, -0.2) is 19.6 Å². The second kappa shape index (κ2) is 6.61. The highest BCUT2D eigenvalue weighted by atomic mass is 35.5. The van der Waals surface area contributed by atoms with E-state index in [9.17, 15) is 0 Å². The Bertz CT molecular complexity index is 454. The molecule has 0 saturated heterocycles. The van der Waals surface area contributed by atoms with E-state index in [-0.39, 0.29) is 12.4 Å². The predicted molar refractivity (Wildman–Crippen MR) is 79.8 cm³/mol. The van der Waals surface area contributed by atoms with Crippen LogP contribution >= 0.6 is 12.4 Å². The molecule has 1 N–H and O–H groups in total. The van der Waals surface area contributed by atoms with Crippen molar-refractivity contribution in [1.29, 1.82) is 0 Å². The van der Waals surface area contributed by atoms with Crippen LogP contribution in [0.15, 0.2) is 24.5 Å². The number of nitrogens with one attached hydrogen (secondary N) is 1. The summed E-state index contributed by atoms with van der Waals surface area (Å²) in [6, 6.07) is 4.78. The van der Waals surface area contributed by atoms with Crippen molar-refractivity contribution in [2.75, 3.05) is 5.32 Å². The molecule has 0 atom stereocenters. The topological polar surface area (TPSA) is 47.7 Å². The van der Waals surface area contributed by atoms with E-state index in [0.29, 0.717) is 12.1 Å².